The molecule has 1 aliphatic heterocycles. The van der Waals surface area contributed by atoms with Crippen LogP contribution < -0.4 is 5.73 Å². The molecule has 1 rings (SSSR count). The predicted octanol–water partition coefficient (Wildman–Crippen LogP) is 1.42. The van der Waals surface area contributed by atoms with Crippen LogP contribution in [-0.2, 0) is 9.84 Å². The van der Waals surface area contributed by atoms with E-state index in [0.717, 1.165) is 31.7 Å². The molecule has 0 aromatic carbocycles. The number of rotatable bonds is 7. The Morgan fingerprint density at radius 2 is 2.11 bits per heavy atom. The summed E-state index contributed by atoms with van der Waals surface area (Å²) in [5, 5.41) is -0.302. The van der Waals surface area contributed by atoms with Crippen LogP contribution in [0.15, 0.2) is 0 Å². The highest BCUT2D eigenvalue weighted by Gasteiger charge is 2.30. The van der Waals surface area contributed by atoms with Crippen molar-refractivity contribution in [3.63, 3.8) is 0 Å². The molecule has 0 bridgehead atoms. The van der Waals surface area contributed by atoms with Gasteiger partial charge in [0.15, 0.2) is 9.84 Å². The number of nitrogens with zero attached hydrogens (tertiary/aromatic N) is 1. The maximum absolute atomic E-state index is 11.8. The lowest BCUT2D eigenvalue weighted by Gasteiger charge is -2.34. The van der Waals surface area contributed by atoms with E-state index in [0.29, 0.717) is 24.1 Å². The van der Waals surface area contributed by atoms with Crippen LogP contribution in [-0.4, -0.2) is 56.1 Å². The second-order valence-electron chi connectivity index (χ2n) is 5.92. The van der Waals surface area contributed by atoms with E-state index in [4.69, 9.17) is 5.73 Å². The predicted molar refractivity (Wildman–Crippen MR) is 84.1 cm³/mol. The molecule has 0 radical (unpaired) electrons. The third-order valence-corrected chi connectivity index (χ3v) is 6.33. The number of hydrogen-bond acceptors (Lipinski definition) is 5. The summed E-state index contributed by atoms with van der Waals surface area (Å²) in [7, 11) is -2.98. The molecule has 0 saturated carbocycles. The third-order valence-electron chi connectivity index (χ3n) is 3.65. The Morgan fingerprint density at radius 1 is 1.42 bits per heavy atom. The van der Waals surface area contributed by atoms with E-state index in [1.54, 1.807) is 11.8 Å². The zero-order chi connectivity index (χ0) is 14.5. The van der Waals surface area contributed by atoms with Gasteiger partial charge in [0.25, 0.3) is 0 Å². The molecule has 1 fully saturated rings. The van der Waals surface area contributed by atoms with E-state index in [1.165, 1.54) is 6.26 Å². The lowest BCUT2D eigenvalue weighted by atomic mass is 9.94. The quantitative estimate of drug-likeness (QED) is 0.770. The van der Waals surface area contributed by atoms with Gasteiger partial charge in [-0.05, 0) is 37.8 Å². The first-order chi connectivity index (χ1) is 8.84. The summed E-state index contributed by atoms with van der Waals surface area (Å²) in [6, 6.07) is 0. The summed E-state index contributed by atoms with van der Waals surface area (Å²) < 4.78 is 23.6. The monoisotopic (exact) mass is 308 g/mol. The first-order valence-corrected chi connectivity index (χ1v) is 10.2. The van der Waals surface area contributed by atoms with Crippen molar-refractivity contribution in [1.82, 2.24) is 4.90 Å². The minimum absolute atomic E-state index is 0.302. The summed E-state index contributed by atoms with van der Waals surface area (Å²) in [5.41, 5.74) is 5.82. The van der Waals surface area contributed by atoms with Gasteiger partial charge in [-0.2, -0.15) is 11.8 Å². The van der Waals surface area contributed by atoms with E-state index in [9.17, 15) is 8.42 Å². The van der Waals surface area contributed by atoms with Gasteiger partial charge in [-0.1, -0.05) is 13.8 Å². The van der Waals surface area contributed by atoms with Gasteiger partial charge in [-0.15, -0.1) is 0 Å². The molecule has 2 N–H and O–H groups in total. The van der Waals surface area contributed by atoms with E-state index >= 15 is 0 Å². The molecule has 2 unspecified atom stereocenters. The van der Waals surface area contributed by atoms with E-state index in [1.807, 2.05) is 0 Å². The fourth-order valence-electron chi connectivity index (χ4n) is 2.61. The second kappa shape index (κ2) is 7.86. The zero-order valence-electron chi connectivity index (χ0n) is 12.3. The van der Waals surface area contributed by atoms with Crippen molar-refractivity contribution < 1.29 is 8.42 Å². The average molecular weight is 309 g/mol. The Hall–Kier alpha value is 0.220. The summed E-state index contributed by atoms with van der Waals surface area (Å²) in [5.74, 6) is 2.89. The average Bonchev–Trinajstić information content (AvgIpc) is 2.33. The molecule has 1 heterocycles. The van der Waals surface area contributed by atoms with Gasteiger partial charge in [0.05, 0.1) is 0 Å². The number of thioether (sulfide) groups is 1. The van der Waals surface area contributed by atoms with E-state index in [-0.39, 0.29) is 5.37 Å². The topological polar surface area (TPSA) is 63.4 Å². The highest BCUT2D eigenvalue weighted by atomic mass is 32.2. The maximum atomic E-state index is 11.8. The highest BCUT2D eigenvalue weighted by molar-refractivity contribution is 8.00. The molecular weight excluding hydrogens is 280 g/mol. The van der Waals surface area contributed by atoms with Crippen LogP contribution in [0.1, 0.15) is 26.7 Å². The van der Waals surface area contributed by atoms with Crippen molar-refractivity contribution in [2.45, 2.75) is 32.1 Å². The number of sulfone groups is 1. The van der Waals surface area contributed by atoms with Gasteiger partial charge in [-0.25, -0.2) is 8.42 Å². The van der Waals surface area contributed by atoms with Crippen molar-refractivity contribution in [2.24, 2.45) is 17.6 Å². The zero-order valence-corrected chi connectivity index (χ0v) is 14.0. The molecule has 0 aromatic rings. The third kappa shape index (κ3) is 6.02. The lowest BCUT2D eigenvalue weighted by Crippen LogP contribution is -2.47. The van der Waals surface area contributed by atoms with E-state index < -0.39 is 9.84 Å². The number of nitrogens with two attached hydrogens (primary N) is 1. The van der Waals surface area contributed by atoms with Crippen LogP contribution in [0.3, 0.4) is 0 Å². The summed E-state index contributed by atoms with van der Waals surface area (Å²) >= 11 is 1.74. The molecule has 4 nitrogen and oxygen atoms in total. The second-order valence-corrected chi connectivity index (χ2v) is 9.27. The Labute approximate surface area is 122 Å². The Balaban J connectivity index is 2.53. The summed E-state index contributed by atoms with van der Waals surface area (Å²) in [4.78, 5) is 2.13. The van der Waals surface area contributed by atoms with Gasteiger partial charge in [-0.3, -0.25) is 4.90 Å². The van der Waals surface area contributed by atoms with Crippen LogP contribution in [0.5, 0.6) is 0 Å². The first-order valence-electron chi connectivity index (χ1n) is 7.05. The van der Waals surface area contributed by atoms with Crippen LogP contribution in [0, 0.1) is 11.8 Å². The van der Waals surface area contributed by atoms with Crippen LogP contribution in [0.25, 0.3) is 0 Å². The van der Waals surface area contributed by atoms with Crippen molar-refractivity contribution in [3.05, 3.63) is 0 Å². The lowest BCUT2D eigenvalue weighted by molar-refractivity contribution is 0.240. The van der Waals surface area contributed by atoms with Crippen LogP contribution in [0.2, 0.25) is 0 Å². The van der Waals surface area contributed by atoms with Crippen molar-refractivity contribution >= 4 is 21.6 Å². The largest absolute Gasteiger partial charge is 0.330 e. The van der Waals surface area contributed by atoms with Gasteiger partial charge in [0.2, 0.25) is 0 Å². The molecule has 6 heteroatoms. The van der Waals surface area contributed by atoms with Gasteiger partial charge >= 0.3 is 0 Å². The molecule has 0 amide bonds. The van der Waals surface area contributed by atoms with Crippen LogP contribution >= 0.6 is 11.8 Å². The van der Waals surface area contributed by atoms with E-state index in [2.05, 4.69) is 18.7 Å². The van der Waals surface area contributed by atoms with Gasteiger partial charge in [0, 0.05) is 24.3 Å². The molecular formula is C13H28N2O2S2. The minimum Gasteiger partial charge on any atom is -0.330 e. The van der Waals surface area contributed by atoms with Crippen molar-refractivity contribution in [2.75, 3.05) is 37.4 Å². The molecule has 0 spiro atoms. The first kappa shape index (κ1) is 17.3. The molecule has 2 atom stereocenters. The highest BCUT2D eigenvalue weighted by Crippen LogP contribution is 2.22. The summed E-state index contributed by atoms with van der Waals surface area (Å²) in [6.45, 7) is 6.84. The van der Waals surface area contributed by atoms with Crippen molar-refractivity contribution in [1.29, 1.82) is 0 Å². The fourth-order valence-corrected chi connectivity index (χ4v) is 5.59. The molecule has 114 valence electrons. The Bertz CT molecular complexity index is 358. The molecule has 1 aliphatic rings. The molecule has 0 aromatic heterocycles. The fraction of sp³-hybridized carbons (Fsp3) is 1.00. The summed E-state index contributed by atoms with van der Waals surface area (Å²) in [6.07, 6.45) is 3.49. The SMILES string of the molecule is CC(C)CC(CN)CCN1CCSCC1S(C)(=O)=O. The Kier molecular flexibility index (Phi) is 7.14. The van der Waals surface area contributed by atoms with Crippen LogP contribution in [0.4, 0.5) is 0 Å². The Morgan fingerprint density at radius 3 is 2.63 bits per heavy atom. The minimum atomic E-state index is -2.98. The van der Waals surface area contributed by atoms with Gasteiger partial charge in [0.1, 0.15) is 5.37 Å². The van der Waals surface area contributed by atoms with Gasteiger partial charge < -0.3 is 5.73 Å². The molecule has 19 heavy (non-hydrogen) atoms. The normalized spacial score (nSPS) is 23.7. The molecule has 0 aliphatic carbocycles. The maximum Gasteiger partial charge on any atom is 0.164 e. The van der Waals surface area contributed by atoms with Crippen molar-refractivity contribution in [3.8, 4) is 0 Å². The smallest absolute Gasteiger partial charge is 0.164 e. The standard InChI is InChI=1S/C13H28N2O2S2/c1-11(2)8-12(9-14)4-5-15-6-7-18-10-13(15)19(3,16)17/h11-13H,4-10,14H2,1-3H3. The molecule has 1 saturated heterocycles. The number of hydrogen-bond donors (Lipinski definition) is 1.